The van der Waals surface area contributed by atoms with Crippen LogP contribution in [0.25, 0.3) is 0 Å². The zero-order valence-corrected chi connectivity index (χ0v) is 12.3. The van der Waals surface area contributed by atoms with E-state index in [0.717, 1.165) is 25.7 Å². The first-order valence-electron chi connectivity index (χ1n) is 7.38. The molecule has 3 N–H and O–H groups in total. The number of carbonyl (C=O) groups is 2. The van der Waals surface area contributed by atoms with Crippen LogP contribution in [0.2, 0.25) is 0 Å². The van der Waals surface area contributed by atoms with Gasteiger partial charge in [0.2, 0.25) is 5.91 Å². The van der Waals surface area contributed by atoms with Gasteiger partial charge in [0.1, 0.15) is 0 Å². The molecule has 1 aliphatic carbocycles. The van der Waals surface area contributed by atoms with E-state index in [1.165, 1.54) is 6.92 Å². The molecule has 1 aliphatic rings. The third-order valence-corrected chi connectivity index (χ3v) is 3.75. The predicted molar refractivity (Wildman–Crippen MR) is 81.0 cm³/mol. The maximum atomic E-state index is 12.1. The van der Waals surface area contributed by atoms with Crippen molar-refractivity contribution < 1.29 is 14.7 Å². The summed E-state index contributed by atoms with van der Waals surface area (Å²) < 4.78 is 0. The lowest BCUT2D eigenvalue weighted by Gasteiger charge is -2.25. The highest BCUT2D eigenvalue weighted by molar-refractivity contribution is 5.96. The fourth-order valence-corrected chi connectivity index (χ4v) is 2.73. The zero-order chi connectivity index (χ0) is 15.2. The minimum atomic E-state index is -0.233. The number of anilines is 1. The van der Waals surface area contributed by atoms with Crippen LogP contribution < -0.4 is 10.6 Å². The van der Waals surface area contributed by atoms with E-state index in [1.807, 2.05) is 0 Å². The average molecular weight is 290 g/mol. The first-order valence-corrected chi connectivity index (χ1v) is 7.38. The van der Waals surface area contributed by atoms with Gasteiger partial charge in [-0.05, 0) is 43.4 Å². The molecule has 5 heteroatoms. The van der Waals surface area contributed by atoms with Crippen LogP contribution in [0, 0.1) is 5.92 Å². The van der Waals surface area contributed by atoms with Crippen molar-refractivity contribution in [2.75, 3.05) is 11.9 Å². The summed E-state index contributed by atoms with van der Waals surface area (Å²) in [7, 11) is 0. The Hall–Kier alpha value is -1.88. The molecule has 0 saturated heterocycles. The Morgan fingerprint density at radius 1 is 1.33 bits per heavy atom. The summed E-state index contributed by atoms with van der Waals surface area (Å²) >= 11 is 0. The van der Waals surface area contributed by atoms with Gasteiger partial charge in [0, 0.05) is 24.7 Å². The van der Waals surface area contributed by atoms with Crippen LogP contribution >= 0.6 is 0 Å². The average Bonchev–Trinajstić information content (AvgIpc) is 2.44. The Bertz CT molecular complexity index is 516. The number of aliphatic hydroxyl groups is 1. The number of hydrogen-bond acceptors (Lipinski definition) is 3. The van der Waals surface area contributed by atoms with Crippen molar-refractivity contribution in [3.05, 3.63) is 29.8 Å². The molecule has 114 valence electrons. The molecule has 1 saturated carbocycles. The van der Waals surface area contributed by atoms with Crippen molar-refractivity contribution >= 4 is 17.5 Å². The van der Waals surface area contributed by atoms with E-state index in [4.69, 9.17) is 0 Å². The lowest BCUT2D eigenvalue weighted by atomic mass is 9.87. The molecule has 0 bridgehead atoms. The lowest BCUT2D eigenvalue weighted by Crippen LogP contribution is -2.33. The zero-order valence-electron chi connectivity index (χ0n) is 12.3. The molecule has 5 nitrogen and oxygen atoms in total. The van der Waals surface area contributed by atoms with Gasteiger partial charge in [-0.1, -0.05) is 12.5 Å². The molecular weight excluding hydrogens is 268 g/mol. The smallest absolute Gasteiger partial charge is 0.251 e. The van der Waals surface area contributed by atoms with Crippen LogP contribution in [-0.4, -0.2) is 29.6 Å². The predicted octanol–water partition coefficient (Wildman–Crippen LogP) is 1.93. The number of hydrogen-bond donors (Lipinski definition) is 3. The number of nitrogens with one attached hydrogen (secondary N) is 2. The van der Waals surface area contributed by atoms with Gasteiger partial charge in [-0.3, -0.25) is 9.59 Å². The summed E-state index contributed by atoms with van der Waals surface area (Å²) in [6.45, 7) is 2.02. The maximum absolute atomic E-state index is 12.1. The summed E-state index contributed by atoms with van der Waals surface area (Å²) in [4.78, 5) is 23.1. The van der Waals surface area contributed by atoms with Crippen molar-refractivity contribution in [1.29, 1.82) is 0 Å². The number of carbonyl (C=O) groups excluding carboxylic acids is 2. The Kier molecular flexibility index (Phi) is 5.33. The fraction of sp³-hybridized carbons (Fsp3) is 0.500. The minimum Gasteiger partial charge on any atom is -0.393 e. The van der Waals surface area contributed by atoms with Crippen molar-refractivity contribution in [2.45, 2.75) is 38.7 Å². The largest absolute Gasteiger partial charge is 0.393 e. The molecule has 0 aliphatic heterocycles. The van der Waals surface area contributed by atoms with Gasteiger partial charge in [-0.25, -0.2) is 0 Å². The van der Waals surface area contributed by atoms with E-state index in [2.05, 4.69) is 10.6 Å². The van der Waals surface area contributed by atoms with E-state index in [-0.39, 0.29) is 17.9 Å². The SMILES string of the molecule is CC(=O)Nc1cccc(C(=O)NCC2CCCC(O)C2)c1. The quantitative estimate of drug-likeness (QED) is 0.793. The van der Waals surface area contributed by atoms with E-state index in [0.29, 0.717) is 23.7 Å². The van der Waals surface area contributed by atoms with Crippen LogP contribution in [0.5, 0.6) is 0 Å². The number of aliphatic hydroxyl groups excluding tert-OH is 1. The van der Waals surface area contributed by atoms with Crippen molar-refractivity contribution in [3.8, 4) is 0 Å². The maximum Gasteiger partial charge on any atom is 0.251 e. The lowest BCUT2D eigenvalue weighted by molar-refractivity contribution is -0.114. The number of amides is 2. The molecule has 2 rings (SSSR count). The van der Waals surface area contributed by atoms with E-state index < -0.39 is 0 Å². The molecule has 2 amide bonds. The van der Waals surface area contributed by atoms with Crippen molar-refractivity contribution in [3.63, 3.8) is 0 Å². The molecule has 0 spiro atoms. The summed E-state index contributed by atoms with van der Waals surface area (Å²) in [5.74, 6) is 0.0299. The van der Waals surface area contributed by atoms with Gasteiger partial charge in [0.25, 0.3) is 5.91 Å². The van der Waals surface area contributed by atoms with Gasteiger partial charge >= 0.3 is 0 Å². The van der Waals surface area contributed by atoms with Crippen molar-refractivity contribution in [2.24, 2.45) is 5.92 Å². The molecule has 0 heterocycles. The van der Waals surface area contributed by atoms with Crippen LogP contribution in [0.4, 0.5) is 5.69 Å². The summed E-state index contributed by atoms with van der Waals surface area (Å²) in [5.41, 5.74) is 1.14. The van der Waals surface area contributed by atoms with Crippen LogP contribution in [-0.2, 0) is 4.79 Å². The third kappa shape index (κ3) is 4.86. The molecule has 2 unspecified atom stereocenters. The summed E-state index contributed by atoms with van der Waals surface area (Å²) in [6.07, 6.45) is 3.45. The first kappa shape index (κ1) is 15.5. The molecule has 1 fully saturated rings. The molecule has 21 heavy (non-hydrogen) atoms. The summed E-state index contributed by atoms with van der Waals surface area (Å²) in [6, 6.07) is 6.86. The van der Waals surface area contributed by atoms with E-state index in [9.17, 15) is 14.7 Å². The second-order valence-corrected chi connectivity index (χ2v) is 5.66. The van der Waals surface area contributed by atoms with Gasteiger partial charge in [-0.15, -0.1) is 0 Å². The molecule has 1 aromatic carbocycles. The molecule has 0 radical (unpaired) electrons. The Labute approximate surface area is 124 Å². The number of benzene rings is 1. The van der Waals surface area contributed by atoms with Crippen LogP contribution in [0.15, 0.2) is 24.3 Å². The summed E-state index contributed by atoms with van der Waals surface area (Å²) in [5, 5.41) is 15.2. The minimum absolute atomic E-state index is 0.151. The van der Waals surface area contributed by atoms with Crippen LogP contribution in [0.3, 0.4) is 0 Å². The fourth-order valence-electron chi connectivity index (χ4n) is 2.73. The van der Waals surface area contributed by atoms with E-state index >= 15 is 0 Å². The highest BCUT2D eigenvalue weighted by Gasteiger charge is 2.20. The normalized spacial score (nSPS) is 21.6. The second kappa shape index (κ2) is 7.22. The molecule has 2 atom stereocenters. The van der Waals surface area contributed by atoms with Gasteiger partial charge in [0.05, 0.1) is 6.10 Å². The molecule has 1 aromatic rings. The Balaban J connectivity index is 1.89. The second-order valence-electron chi connectivity index (χ2n) is 5.66. The first-order chi connectivity index (χ1) is 10.0. The standard InChI is InChI=1S/C16H22N2O3/c1-11(19)18-14-6-3-5-13(9-14)16(21)17-10-12-4-2-7-15(20)8-12/h3,5-6,9,12,15,20H,2,4,7-8,10H2,1H3,(H,17,21)(H,18,19). The topological polar surface area (TPSA) is 78.4 Å². The monoisotopic (exact) mass is 290 g/mol. The van der Waals surface area contributed by atoms with Gasteiger partial charge < -0.3 is 15.7 Å². The van der Waals surface area contributed by atoms with Crippen LogP contribution in [0.1, 0.15) is 43.0 Å². The van der Waals surface area contributed by atoms with Crippen molar-refractivity contribution in [1.82, 2.24) is 5.32 Å². The third-order valence-electron chi connectivity index (χ3n) is 3.75. The van der Waals surface area contributed by atoms with Gasteiger partial charge in [0.15, 0.2) is 0 Å². The molecule has 0 aromatic heterocycles. The Morgan fingerprint density at radius 3 is 2.86 bits per heavy atom. The molecular formula is C16H22N2O3. The highest BCUT2D eigenvalue weighted by Crippen LogP contribution is 2.23. The Morgan fingerprint density at radius 2 is 2.14 bits per heavy atom. The van der Waals surface area contributed by atoms with Gasteiger partial charge in [-0.2, -0.15) is 0 Å². The number of rotatable bonds is 4. The van der Waals surface area contributed by atoms with E-state index in [1.54, 1.807) is 24.3 Å². The highest BCUT2D eigenvalue weighted by atomic mass is 16.3.